The van der Waals surface area contributed by atoms with Crippen molar-refractivity contribution in [2.45, 2.75) is 0 Å². The van der Waals surface area contributed by atoms with Crippen LogP contribution in [0.5, 0.6) is 11.5 Å². The number of anilines is 1. The average molecular weight is 241 g/mol. The molecule has 1 aromatic rings. The summed E-state index contributed by atoms with van der Waals surface area (Å²) in [7, 11) is 3.17. The van der Waals surface area contributed by atoms with Gasteiger partial charge in [-0.25, -0.2) is 0 Å². The molecule has 0 fully saturated rings. The Labute approximate surface area is 101 Å². The van der Waals surface area contributed by atoms with Crippen LogP contribution in [0.2, 0.25) is 0 Å². The van der Waals surface area contributed by atoms with Crippen LogP contribution in [0, 0.1) is 0 Å². The van der Waals surface area contributed by atoms with Gasteiger partial charge in [0.05, 0.1) is 27.4 Å². The Kier molecular flexibility index (Phi) is 5.59. The zero-order valence-corrected chi connectivity index (χ0v) is 10.2. The van der Waals surface area contributed by atoms with Gasteiger partial charge in [-0.1, -0.05) is 0 Å². The summed E-state index contributed by atoms with van der Waals surface area (Å²) in [5.74, 6) is 1.36. The number of rotatable bonds is 7. The average Bonchev–Trinajstić information content (AvgIpc) is 2.37. The summed E-state index contributed by atoms with van der Waals surface area (Å²) in [6.07, 6.45) is 0. The van der Waals surface area contributed by atoms with Crippen molar-refractivity contribution in [3.05, 3.63) is 18.2 Å². The van der Waals surface area contributed by atoms with E-state index in [1.807, 2.05) is 17.0 Å². The molecule has 0 atom stereocenters. The standard InChI is InChI=1S/C12H19NO4/c1-16-11-7-10(8-12(9-11)17-2)13(3-5-14)4-6-15/h7-9,14-15H,3-6H2,1-2H3. The molecule has 0 unspecified atom stereocenters. The Hall–Kier alpha value is -1.46. The van der Waals surface area contributed by atoms with Crippen LogP contribution in [0.3, 0.4) is 0 Å². The van der Waals surface area contributed by atoms with E-state index in [1.54, 1.807) is 20.3 Å². The monoisotopic (exact) mass is 241 g/mol. The fraction of sp³-hybridized carbons (Fsp3) is 0.500. The summed E-state index contributed by atoms with van der Waals surface area (Å²) < 4.78 is 10.3. The number of methoxy groups -OCH3 is 2. The molecule has 5 heteroatoms. The van der Waals surface area contributed by atoms with E-state index in [1.165, 1.54) is 0 Å². The van der Waals surface area contributed by atoms with Gasteiger partial charge in [0.15, 0.2) is 0 Å². The predicted molar refractivity (Wildman–Crippen MR) is 65.9 cm³/mol. The van der Waals surface area contributed by atoms with E-state index in [0.717, 1.165) is 5.69 Å². The van der Waals surface area contributed by atoms with Crippen molar-refractivity contribution in [1.82, 2.24) is 0 Å². The van der Waals surface area contributed by atoms with Crippen molar-refractivity contribution in [1.29, 1.82) is 0 Å². The van der Waals surface area contributed by atoms with E-state index in [-0.39, 0.29) is 13.2 Å². The first kappa shape index (κ1) is 13.6. The van der Waals surface area contributed by atoms with Gasteiger partial charge in [-0.15, -0.1) is 0 Å². The summed E-state index contributed by atoms with van der Waals surface area (Å²) in [5.41, 5.74) is 0.851. The Balaban J connectivity index is 2.99. The summed E-state index contributed by atoms with van der Waals surface area (Å²) in [6.45, 7) is 0.965. The molecule has 96 valence electrons. The zero-order chi connectivity index (χ0) is 12.7. The van der Waals surface area contributed by atoms with Crippen LogP contribution in [-0.4, -0.2) is 50.7 Å². The normalized spacial score (nSPS) is 10.1. The van der Waals surface area contributed by atoms with Crippen LogP contribution in [0.1, 0.15) is 0 Å². The molecule has 5 nitrogen and oxygen atoms in total. The molecule has 17 heavy (non-hydrogen) atoms. The van der Waals surface area contributed by atoms with Crippen molar-refractivity contribution in [3.8, 4) is 11.5 Å². The van der Waals surface area contributed by atoms with Gasteiger partial charge in [0, 0.05) is 37.0 Å². The van der Waals surface area contributed by atoms with Crippen molar-refractivity contribution in [3.63, 3.8) is 0 Å². The van der Waals surface area contributed by atoms with Gasteiger partial charge in [-0.05, 0) is 0 Å². The SMILES string of the molecule is COc1cc(OC)cc(N(CCO)CCO)c1. The zero-order valence-electron chi connectivity index (χ0n) is 10.2. The molecule has 0 amide bonds. The van der Waals surface area contributed by atoms with Gasteiger partial charge in [-0.2, -0.15) is 0 Å². The fourth-order valence-electron chi connectivity index (χ4n) is 1.59. The maximum atomic E-state index is 8.99. The van der Waals surface area contributed by atoms with Crippen molar-refractivity contribution in [2.75, 3.05) is 45.4 Å². The Morgan fingerprint density at radius 2 is 1.41 bits per heavy atom. The Morgan fingerprint density at radius 3 is 1.76 bits per heavy atom. The van der Waals surface area contributed by atoms with Crippen molar-refractivity contribution < 1.29 is 19.7 Å². The maximum absolute atomic E-state index is 8.99. The first-order valence-corrected chi connectivity index (χ1v) is 5.45. The van der Waals surface area contributed by atoms with Gasteiger partial charge in [0.2, 0.25) is 0 Å². The van der Waals surface area contributed by atoms with Crippen LogP contribution in [0.25, 0.3) is 0 Å². The summed E-state index contributed by atoms with van der Waals surface area (Å²) >= 11 is 0. The molecule has 0 bridgehead atoms. The topological polar surface area (TPSA) is 62.2 Å². The first-order valence-electron chi connectivity index (χ1n) is 5.45. The van der Waals surface area contributed by atoms with Crippen LogP contribution >= 0.6 is 0 Å². The van der Waals surface area contributed by atoms with Gasteiger partial charge in [0.25, 0.3) is 0 Å². The molecule has 0 saturated heterocycles. The summed E-state index contributed by atoms with van der Waals surface area (Å²) in [4.78, 5) is 1.87. The maximum Gasteiger partial charge on any atom is 0.124 e. The molecule has 0 heterocycles. The van der Waals surface area contributed by atoms with E-state index >= 15 is 0 Å². The van der Waals surface area contributed by atoms with Crippen LogP contribution in [0.15, 0.2) is 18.2 Å². The fourth-order valence-corrected chi connectivity index (χ4v) is 1.59. The molecule has 1 rings (SSSR count). The molecule has 0 aliphatic carbocycles. The number of hydrogen-bond donors (Lipinski definition) is 2. The third kappa shape index (κ3) is 3.80. The van der Waals surface area contributed by atoms with E-state index < -0.39 is 0 Å². The van der Waals surface area contributed by atoms with Gasteiger partial charge < -0.3 is 24.6 Å². The lowest BCUT2D eigenvalue weighted by Gasteiger charge is -2.23. The highest BCUT2D eigenvalue weighted by Gasteiger charge is 2.09. The highest BCUT2D eigenvalue weighted by molar-refractivity contribution is 5.55. The summed E-state index contributed by atoms with van der Waals surface area (Å²) in [6, 6.07) is 5.46. The molecule has 0 aliphatic rings. The number of hydrogen-bond acceptors (Lipinski definition) is 5. The second-order valence-corrected chi connectivity index (χ2v) is 3.51. The van der Waals surface area contributed by atoms with Gasteiger partial charge in [-0.3, -0.25) is 0 Å². The van der Waals surface area contributed by atoms with E-state index in [9.17, 15) is 0 Å². The van der Waals surface area contributed by atoms with Crippen LogP contribution in [0.4, 0.5) is 5.69 Å². The Bertz CT molecular complexity index is 315. The molecule has 2 N–H and O–H groups in total. The Morgan fingerprint density at radius 1 is 0.941 bits per heavy atom. The highest BCUT2D eigenvalue weighted by Crippen LogP contribution is 2.28. The van der Waals surface area contributed by atoms with Crippen molar-refractivity contribution >= 4 is 5.69 Å². The molecule has 0 radical (unpaired) electrons. The van der Waals surface area contributed by atoms with E-state index in [0.29, 0.717) is 24.6 Å². The number of aliphatic hydroxyl groups is 2. The minimum absolute atomic E-state index is 0.0273. The molecule has 0 saturated carbocycles. The number of benzene rings is 1. The molecule has 1 aromatic carbocycles. The summed E-state index contributed by atoms with van der Waals surface area (Å²) in [5, 5.41) is 18.0. The lowest BCUT2D eigenvalue weighted by molar-refractivity contribution is 0.281. The van der Waals surface area contributed by atoms with E-state index in [2.05, 4.69) is 0 Å². The smallest absolute Gasteiger partial charge is 0.124 e. The third-order valence-electron chi connectivity index (χ3n) is 2.44. The quantitative estimate of drug-likeness (QED) is 0.727. The molecule has 0 aromatic heterocycles. The molecule has 0 spiro atoms. The second kappa shape index (κ2) is 6.98. The minimum atomic E-state index is 0.0273. The largest absolute Gasteiger partial charge is 0.497 e. The molecule has 0 aliphatic heterocycles. The van der Waals surface area contributed by atoms with Crippen LogP contribution < -0.4 is 14.4 Å². The lowest BCUT2D eigenvalue weighted by atomic mass is 10.2. The first-order chi connectivity index (χ1) is 8.24. The van der Waals surface area contributed by atoms with Gasteiger partial charge in [0.1, 0.15) is 11.5 Å². The molecular weight excluding hydrogens is 222 g/mol. The second-order valence-electron chi connectivity index (χ2n) is 3.51. The third-order valence-corrected chi connectivity index (χ3v) is 2.44. The number of ether oxygens (including phenoxy) is 2. The van der Waals surface area contributed by atoms with Crippen LogP contribution in [-0.2, 0) is 0 Å². The number of aliphatic hydroxyl groups excluding tert-OH is 2. The lowest BCUT2D eigenvalue weighted by Crippen LogP contribution is -2.29. The molecular formula is C12H19NO4. The highest BCUT2D eigenvalue weighted by atomic mass is 16.5. The number of nitrogens with zero attached hydrogens (tertiary/aromatic N) is 1. The van der Waals surface area contributed by atoms with Gasteiger partial charge >= 0.3 is 0 Å². The minimum Gasteiger partial charge on any atom is -0.497 e. The van der Waals surface area contributed by atoms with E-state index in [4.69, 9.17) is 19.7 Å². The predicted octanol–water partition coefficient (Wildman–Crippen LogP) is 0.495. The van der Waals surface area contributed by atoms with Crippen molar-refractivity contribution in [2.24, 2.45) is 0 Å².